The molecule has 0 spiro atoms. The number of phenolic OH excluding ortho intramolecular Hbond substituents is 1. The van der Waals surface area contributed by atoms with Crippen molar-refractivity contribution in [1.82, 2.24) is 0 Å². The molecule has 0 aliphatic heterocycles. The fourth-order valence-corrected chi connectivity index (χ4v) is 3.32. The van der Waals surface area contributed by atoms with Gasteiger partial charge in [0.1, 0.15) is 0 Å². The smallest absolute Gasteiger partial charge is 0.565 e. The van der Waals surface area contributed by atoms with Gasteiger partial charge < -0.3 is 11.7 Å². The summed E-state index contributed by atoms with van der Waals surface area (Å²) >= 11 is 3.45. The van der Waals surface area contributed by atoms with Crippen LogP contribution in [0.5, 0.6) is 5.75 Å². The molecule has 1 nitrogen and oxygen atoms in total. The second-order valence-corrected chi connectivity index (χ2v) is 6.61. The molecule has 0 radical (unpaired) electrons. The van der Waals surface area contributed by atoms with Crippen LogP contribution in [0.1, 0.15) is 62.5 Å². The molecule has 1 aromatic rings. The van der Waals surface area contributed by atoms with Crippen LogP contribution in [0.2, 0.25) is 0 Å². The van der Waals surface area contributed by atoms with Gasteiger partial charge in [-0.25, -0.2) is 0 Å². The Morgan fingerprint density at radius 1 is 1.35 bits per heavy atom. The summed E-state index contributed by atoms with van der Waals surface area (Å²) in [6, 6.07) is 7.35. The van der Waals surface area contributed by atoms with Gasteiger partial charge in [0, 0.05) is 11.1 Å². The van der Waals surface area contributed by atoms with E-state index in [1.165, 1.54) is 43.2 Å². The van der Waals surface area contributed by atoms with Crippen molar-refractivity contribution in [3.05, 3.63) is 54.1 Å². The number of aromatic hydroxyl groups is 1. The number of phenols is 1. The Bertz CT molecular complexity index is 485. The zero-order valence-electron chi connectivity index (χ0n) is 14.1. The van der Waals surface area contributed by atoms with E-state index < -0.39 is 0 Å². The van der Waals surface area contributed by atoms with Gasteiger partial charge in [0.2, 0.25) is 0 Å². The number of aryl methyl sites for hydroxylation is 1. The Kier molecular flexibility index (Phi) is 13.4. The summed E-state index contributed by atoms with van der Waals surface area (Å²) in [4.78, 5) is 0. The van der Waals surface area contributed by atoms with E-state index in [-0.39, 0.29) is 31.1 Å². The molecule has 0 amide bonds. The number of unbranched alkanes of at least 4 members (excludes halogenated alkanes) is 2. The molecule has 0 bridgehead atoms. The maximum atomic E-state index is 10.3. The normalized spacial score (nSPS) is 16.6. The van der Waals surface area contributed by atoms with Gasteiger partial charge in [-0.05, 0) is 38.5 Å². The molecular formula is C20H27BrOU. The molecule has 23 heavy (non-hydrogen) atoms. The topological polar surface area (TPSA) is 20.2 Å². The van der Waals surface area contributed by atoms with Crippen molar-refractivity contribution in [2.45, 2.75) is 57.8 Å². The molecule has 1 N–H and O–H groups in total. The molecule has 1 aliphatic rings. The van der Waals surface area contributed by atoms with Crippen LogP contribution in [0.4, 0.5) is 0 Å². The third-order valence-corrected chi connectivity index (χ3v) is 4.61. The van der Waals surface area contributed by atoms with Crippen LogP contribution in [0.15, 0.2) is 30.4 Å². The molecule has 3 heteroatoms. The SMILES string of the molecule is CC1=CC(c2[c-]cc(CCCCCBr)cc2O)CCC1.[CH-]=C.[U+2]. The van der Waals surface area contributed by atoms with Crippen LogP contribution >= 0.6 is 15.9 Å². The molecule has 1 aromatic carbocycles. The molecular weight excluding hydrogens is 574 g/mol. The summed E-state index contributed by atoms with van der Waals surface area (Å²) in [7, 11) is 0. The van der Waals surface area contributed by atoms with Crippen LogP contribution in [-0.2, 0) is 6.42 Å². The van der Waals surface area contributed by atoms with Gasteiger partial charge in [0.15, 0.2) is 0 Å². The molecule has 0 aromatic heterocycles. The Morgan fingerprint density at radius 2 is 2.09 bits per heavy atom. The Morgan fingerprint density at radius 3 is 2.70 bits per heavy atom. The number of alkyl halides is 1. The summed E-state index contributed by atoms with van der Waals surface area (Å²) in [5.41, 5.74) is 3.62. The minimum atomic E-state index is 0. The maximum Gasteiger partial charge on any atom is 2.00 e. The van der Waals surface area contributed by atoms with E-state index in [4.69, 9.17) is 0 Å². The second kappa shape index (κ2) is 13.3. The predicted octanol–water partition coefficient (Wildman–Crippen LogP) is 6.12. The van der Waals surface area contributed by atoms with Crippen LogP contribution in [0.25, 0.3) is 0 Å². The van der Waals surface area contributed by atoms with Gasteiger partial charge in [-0.2, -0.15) is 17.7 Å². The monoisotopic (exact) mass is 600 g/mol. The van der Waals surface area contributed by atoms with Crippen molar-refractivity contribution in [2.75, 3.05) is 5.33 Å². The number of rotatable bonds is 6. The van der Waals surface area contributed by atoms with Crippen molar-refractivity contribution in [3.8, 4) is 5.75 Å². The number of halogens is 1. The van der Waals surface area contributed by atoms with Crippen LogP contribution in [0, 0.1) is 43.8 Å². The van der Waals surface area contributed by atoms with Gasteiger partial charge in [0.05, 0.1) is 0 Å². The first-order valence-corrected chi connectivity index (χ1v) is 9.20. The summed E-state index contributed by atoms with van der Waals surface area (Å²) < 4.78 is 0. The molecule has 0 fully saturated rings. The molecule has 1 atom stereocenters. The van der Waals surface area contributed by atoms with Crippen molar-refractivity contribution in [3.63, 3.8) is 0 Å². The Balaban J connectivity index is 0.00000155. The fourth-order valence-electron chi connectivity index (χ4n) is 2.92. The van der Waals surface area contributed by atoms with E-state index in [1.807, 2.05) is 6.07 Å². The van der Waals surface area contributed by atoms with E-state index in [1.54, 1.807) is 0 Å². The largest absolute Gasteiger partial charge is 2.00 e. The average Bonchev–Trinajstić information content (AvgIpc) is 2.54. The Labute approximate surface area is 174 Å². The van der Waals surface area contributed by atoms with Crippen molar-refractivity contribution in [2.24, 2.45) is 0 Å². The van der Waals surface area contributed by atoms with Gasteiger partial charge in [-0.3, -0.25) is 6.58 Å². The quantitative estimate of drug-likeness (QED) is 0.181. The number of benzene rings is 1. The van der Waals surface area contributed by atoms with Crippen LogP contribution in [0.3, 0.4) is 0 Å². The Hall–Kier alpha value is 0.0319. The maximum absolute atomic E-state index is 10.3. The summed E-state index contributed by atoms with van der Waals surface area (Å²) in [5.74, 6) is 0.783. The van der Waals surface area contributed by atoms with Crippen LogP contribution in [-0.4, -0.2) is 10.4 Å². The first kappa shape index (κ1) is 23.0. The summed E-state index contributed by atoms with van der Waals surface area (Å²) in [5, 5.41) is 11.3. The zero-order valence-corrected chi connectivity index (χ0v) is 19.8. The first-order valence-electron chi connectivity index (χ1n) is 8.08. The van der Waals surface area contributed by atoms with Crippen molar-refractivity contribution in [1.29, 1.82) is 0 Å². The first-order chi connectivity index (χ1) is 10.7. The summed E-state index contributed by atoms with van der Waals surface area (Å²) in [6.07, 6.45) is 10.5. The molecule has 0 heterocycles. The number of hydrogen-bond acceptors (Lipinski definition) is 1. The zero-order chi connectivity index (χ0) is 16.4. The van der Waals surface area contributed by atoms with Crippen molar-refractivity contribution >= 4 is 15.9 Å². The molecule has 1 aliphatic carbocycles. The molecule has 2 rings (SSSR count). The fraction of sp³-hybridized carbons (Fsp3) is 0.500. The van der Waals surface area contributed by atoms with Gasteiger partial charge in [-0.1, -0.05) is 46.8 Å². The van der Waals surface area contributed by atoms with E-state index in [0.29, 0.717) is 11.7 Å². The molecule has 124 valence electrons. The summed E-state index contributed by atoms with van der Waals surface area (Å²) in [6.45, 7) is 9.18. The van der Waals surface area contributed by atoms with Crippen LogP contribution < -0.4 is 0 Å². The second-order valence-electron chi connectivity index (χ2n) is 5.82. The number of hydrogen-bond donors (Lipinski definition) is 1. The molecule has 0 saturated carbocycles. The minimum Gasteiger partial charge on any atom is -0.565 e. The third kappa shape index (κ3) is 8.10. The standard InChI is InChI=1S/C18H24BrO.C2H3.U/c1-14-6-5-8-16(12-14)17-10-9-15(13-18(17)20)7-3-2-4-11-19;1-2;/h9,12-13,16,20H,2-8,11H2,1H3;1H,2H2;/q2*-1;+2. The van der Waals surface area contributed by atoms with E-state index in [0.717, 1.165) is 23.7 Å². The van der Waals surface area contributed by atoms with E-state index in [2.05, 4.69) is 54.2 Å². The van der Waals surface area contributed by atoms with E-state index in [9.17, 15) is 5.11 Å². The number of allylic oxidation sites excluding steroid dienone is 2. The van der Waals surface area contributed by atoms with Crippen molar-refractivity contribution < 1.29 is 36.2 Å². The molecule has 0 saturated heterocycles. The minimum absolute atomic E-state index is 0. The van der Waals surface area contributed by atoms with E-state index >= 15 is 0 Å². The van der Waals surface area contributed by atoms with Gasteiger partial charge in [-0.15, -0.1) is 11.6 Å². The average molecular weight is 601 g/mol. The third-order valence-electron chi connectivity index (χ3n) is 4.05. The molecule has 1 unspecified atom stereocenters. The predicted molar refractivity (Wildman–Crippen MR) is 98.6 cm³/mol. The van der Waals surface area contributed by atoms with Gasteiger partial charge in [0.25, 0.3) is 0 Å². The van der Waals surface area contributed by atoms with Gasteiger partial charge >= 0.3 is 31.1 Å².